The Kier molecular flexibility index (Phi) is 5.29. The summed E-state index contributed by atoms with van der Waals surface area (Å²) in [5.41, 5.74) is 0.921. The minimum absolute atomic E-state index is 0.0302. The molecule has 1 fully saturated rings. The van der Waals surface area contributed by atoms with Crippen LogP contribution in [0.1, 0.15) is 25.3 Å². The monoisotopic (exact) mass is 352 g/mol. The van der Waals surface area contributed by atoms with E-state index in [1.54, 1.807) is 48.0 Å². The molecule has 0 aliphatic carbocycles. The number of rotatable bonds is 5. The smallest absolute Gasteiger partial charge is 0.320 e. The molecule has 0 radical (unpaired) electrons. The summed E-state index contributed by atoms with van der Waals surface area (Å²) >= 11 is 0. The maximum Gasteiger partial charge on any atom is 0.320 e. The average molecular weight is 352 g/mol. The number of aromatic nitrogens is 2. The largest absolute Gasteiger partial charge is 0.378 e. The molecule has 2 heterocycles. The Hall–Kier alpha value is -2.06. The van der Waals surface area contributed by atoms with Gasteiger partial charge in [0.1, 0.15) is 5.82 Å². The maximum atomic E-state index is 13.6. The van der Waals surface area contributed by atoms with E-state index in [9.17, 15) is 13.6 Å². The number of ether oxygens (including phenoxy) is 1. The quantitative estimate of drug-likeness (QED) is 0.828. The second kappa shape index (κ2) is 7.45. The van der Waals surface area contributed by atoms with Crippen molar-refractivity contribution in [1.29, 1.82) is 0 Å². The molecule has 1 aromatic heterocycles. The van der Waals surface area contributed by atoms with Gasteiger partial charge in [0.2, 0.25) is 5.91 Å². The third kappa shape index (κ3) is 3.64. The Morgan fingerprint density at radius 1 is 1.32 bits per heavy atom. The molecular formula is C17H22F2N4O2. The predicted octanol–water partition coefficient (Wildman–Crippen LogP) is 2.28. The van der Waals surface area contributed by atoms with E-state index < -0.39 is 12.6 Å². The number of hydrogen-bond acceptors (Lipinski definition) is 4. The van der Waals surface area contributed by atoms with Crippen LogP contribution >= 0.6 is 0 Å². The number of carbonyl (C=O) groups is 1. The van der Waals surface area contributed by atoms with E-state index in [-0.39, 0.29) is 18.3 Å². The molecule has 136 valence electrons. The summed E-state index contributed by atoms with van der Waals surface area (Å²) in [7, 11) is 1.75. The molecule has 0 spiro atoms. The standard InChI is InChI=1S/C17H22F2N4O2/c1-12(21(2)11-15(24)22-7-9-25-10-8-22)16-20-13-5-3-4-6-14(13)23(16)17(18)19/h3-6,12,17H,7-11H2,1-2H3. The summed E-state index contributed by atoms with van der Waals surface area (Å²) in [6.45, 7) is 1.44. The van der Waals surface area contributed by atoms with E-state index in [0.29, 0.717) is 37.3 Å². The molecule has 3 rings (SSSR count). The highest BCUT2D eigenvalue weighted by atomic mass is 19.3. The fourth-order valence-corrected chi connectivity index (χ4v) is 3.02. The lowest BCUT2D eigenvalue weighted by atomic mass is 10.2. The summed E-state index contributed by atoms with van der Waals surface area (Å²) in [5.74, 6) is 0.228. The van der Waals surface area contributed by atoms with Gasteiger partial charge in [-0.25, -0.2) is 4.98 Å². The second-order valence-electron chi connectivity index (χ2n) is 6.19. The van der Waals surface area contributed by atoms with Gasteiger partial charge in [0.05, 0.1) is 36.8 Å². The van der Waals surface area contributed by atoms with Crippen LogP contribution < -0.4 is 0 Å². The van der Waals surface area contributed by atoms with Crippen LogP contribution in [0.15, 0.2) is 24.3 Å². The van der Waals surface area contributed by atoms with E-state index in [4.69, 9.17) is 4.74 Å². The molecule has 0 bridgehead atoms. The van der Waals surface area contributed by atoms with Crippen molar-refractivity contribution in [2.75, 3.05) is 39.9 Å². The number of hydrogen-bond donors (Lipinski definition) is 0. The molecule has 1 amide bonds. The van der Waals surface area contributed by atoms with E-state index in [1.807, 2.05) is 0 Å². The van der Waals surface area contributed by atoms with Crippen molar-refractivity contribution in [3.63, 3.8) is 0 Å². The zero-order valence-electron chi connectivity index (χ0n) is 14.4. The van der Waals surface area contributed by atoms with Crippen LogP contribution in [0.5, 0.6) is 0 Å². The first kappa shape index (κ1) is 17.8. The van der Waals surface area contributed by atoms with Gasteiger partial charge in [-0.3, -0.25) is 14.3 Å². The van der Waals surface area contributed by atoms with Crippen LogP contribution in [-0.2, 0) is 9.53 Å². The highest BCUT2D eigenvalue weighted by Gasteiger charge is 2.26. The van der Waals surface area contributed by atoms with Gasteiger partial charge in [0.15, 0.2) is 0 Å². The highest BCUT2D eigenvalue weighted by Crippen LogP contribution is 2.28. The Labute approximate surface area is 145 Å². The van der Waals surface area contributed by atoms with Crippen molar-refractivity contribution >= 4 is 16.9 Å². The Morgan fingerprint density at radius 2 is 2.00 bits per heavy atom. The van der Waals surface area contributed by atoms with Gasteiger partial charge in [-0.05, 0) is 26.1 Å². The predicted molar refractivity (Wildman–Crippen MR) is 89.4 cm³/mol. The van der Waals surface area contributed by atoms with Gasteiger partial charge in [0, 0.05) is 13.1 Å². The normalized spacial score (nSPS) is 16.8. The number of fused-ring (bicyclic) bond motifs is 1. The van der Waals surface area contributed by atoms with E-state index in [1.165, 1.54) is 0 Å². The molecule has 0 saturated carbocycles. The summed E-state index contributed by atoms with van der Waals surface area (Å²) in [6.07, 6.45) is 0. The molecule has 2 aromatic rings. The number of amides is 1. The molecule has 8 heteroatoms. The van der Waals surface area contributed by atoms with Crippen molar-refractivity contribution in [2.45, 2.75) is 19.5 Å². The number of nitrogens with zero attached hydrogens (tertiary/aromatic N) is 4. The molecule has 1 aliphatic heterocycles. The summed E-state index contributed by atoms with van der Waals surface area (Å²) in [4.78, 5) is 20.2. The van der Waals surface area contributed by atoms with E-state index in [0.717, 1.165) is 4.57 Å². The maximum absolute atomic E-state index is 13.6. The number of morpholine rings is 1. The van der Waals surface area contributed by atoms with E-state index in [2.05, 4.69) is 4.98 Å². The lowest BCUT2D eigenvalue weighted by Gasteiger charge is -2.30. The molecular weight excluding hydrogens is 330 g/mol. The first-order valence-electron chi connectivity index (χ1n) is 8.30. The molecule has 25 heavy (non-hydrogen) atoms. The highest BCUT2D eigenvalue weighted by molar-refractivity contribution is 5.78. The van der Waals surface area contributed by atoms with Crippen molar-refractivity contribution < 1.29 is 18.3 Å². The lowest BCUT2D eigenvalue weighted by Crippen LogP contribution is -2.45. The second-order valence-corrected chi connectivity index (χ2v) is 6.19. The van der Waals surface area contributed by atoms with Gasteiger partial charge < -0.3 is 9.64 Å². The van der Waals surface area contributed by atoms with Crippen LogP contribution in [0, 0.1) is 0 Å². The summed E-state index contributed by atoms with van der Waals surface area (Å²) in [6, 6.07) is 6.40. The van der Waals surface area contributed by atoms with Crippen molar-refractivity contribution in [3.05, 3.63) is 30.1 Å². The van der Waals surface area contributed by atoms with Crippen LogP contribution in [0.2, 0.25) is 0 Å². The molecule has 6 nitrogen and oxygen atoms in total. The number of alkyl halides is 2. The van der Waals surface area contributed by atoms with Crippen LogP contribution in [0.4, 0.5) is 8.78 Å². The Bertz CT molecular complexity index is 743. The molecule has 1 aliphatic rings. The molecule has 1 unspecified atom stereocenters. The number of para-hydroxylation sites is 2. The van der Waals surface area contributed by atoms with Crippen molar-refractivity contribution in [3.8, 4) is 0 Å². The summed E-state index contributed by atoms with van der Waals surface area (Å²) in [5, 5.41) is 0. The number of imidazole rings is 1. The van der Waals surface area contributed by atoms with Gasteiger partial charge >= 0.3 is 6.55 Å². The number of benzene rings is 1. The van der Waals surface area contributed by atoms with Gasteiger partial charge in [-0.2, -0.15) is 8.78 Å². The SMILES string of the molecule is CC(c1nc2ccccc2n1C(F)F)N(C)CC(=O)N1CCOCC1. The number of likely N-dealkylation sites (N-methyl/N-ethyl adjacent to an activating group) is 1. The summed E-state index contributed by atoms with van der Waals surface area (Å²) < 4.78 is 33.3. The van der Waals surface area contributed by atoms with Crippen LogP contribution in [0.3, 0.4) is 0 Å². The first-order chi connectivity index (χ1) is 12.0. The topological polar surface area (TPSA) is 50.6 Å². The van der Waals surface area contributed by atoms with E-state index >= 15 is 0 Å². The fourth-order valence-electron chi connectivity index (χ4n) is 3.02. The zero-order valence-corrected chi connectivity index (χ0v) is 14.4. The molecule has 1 aromatic carbocycles. The number of carbonyl (C=O) groups excluding carboxylic acids is 1. The third-order valence-electron chi connectivity index (χ3n) is 4.60. The van der Waals surface area contributed by atoms with Crippen LogP contribution in [-0.4, -0.2) is 65.2 Å². The minimum atomic E-state index is -2.69. The third-order valence-corrected chi connectivity index (χ3v) is 4.60. The van der Waals surface area contributed by atoms with Crippen molar-refractivity contribution in [1.82, 2.24) is 19.4 Å². The van der Waals surface area contributed by atoms with Gasteiger partial charge in [0.25, 0.3) is 0 Å². The molecule has 0 N–H and O–H groups in total. The Balaban J connectivity index is 1.79. The van der Waals surface area contributed by atoms with Gasteiger partial charge in [-0.15, -0.1) is 0 Å². The lowest BCUT2D eigenvalue weighted by molar-refractivity contribution is -0.136. The van der Waals surface area contributed by atoms with Gasteiger partial charge in [-0.1, -0.05) is 12.1 Å². The molecule has 1 saturated heterocycles. The Morgan fingerprint density at radius 3 is 2.68 bits per heavy atom. The zero-order chi connectivity index (χ0) is 18.0. The number of halogens is 2. The van der Waals surface area contributed by atoms with Crippen LogP contribution in [0.25, 0.3) is 11.0 Å². The van der Waals surface area contributed by atoms with Crippen molar-refractivity contribution in [2.24, 2.45) is 0 Å². The first-order valence-corrected chi connectivity index (χ1v) is 8.30. The minimum Gasteiger partial charge on any atom is -0.378 e. The fraction of sp³-hybridized carbons (Fsp3) is 0.529. The molecule has 1 atom stereocenters. The average Bonchev–Trinajstić information content (AvgIpc) is 3.01.